The Balaban J connectivity index is 1.61. The van der Waals surface area contributed by atoms with Crippen molar-refractivity contribution in [2.75, 3.05) is 0 Å². The fourth-order valence-corrected chi connectivity index (χ4v) is 4.51. The van der Waals surface area contributed by atoms with E-state index in [1.54, 1.807) is 30.7 Å². The van der Waals surface area contributed by atoms with Crippen molar-refractivity contribution < 1.29 is 4.92 Å². The van der Waals surface area contributed by atoms with E-state index in [1.807, 2.05) is 59.3 Å². The summed E-state index contributed by atoms with van der Waals surface area (Å²) in [6.45, 7) is 0.586. The number of aromatic nitrogens is 3. The maximum Gasteiger partial charge on any atom is 0.271 e. The predicted molar refractivity (Wildman–Crippen MR) is 128 cm³/mol. The monoisotopic (exact) mass is 456 g/mol. The maximum atomic E-state index is 11.3. The number of benzene rings is 1. The lowest BCUT2D eigenvalue weighted by Gasteiger charge is -2.29. The molecular formula is C24H20N6O2S. The zero-order valence-electron chi connectivity index (χ0n) is 17.5. The number of thiocarbonyl (C=S) groups is 1. The van der Waals surface area contributed by atoms with Crippen molar-refractivity contribution in [3.8, 4) is 5.69 Å². The molecule has 1 aliphatic heterocycles. The second-order valence-electron chi connectivity index (χ2n) is 7.69. The van der Waals surface area contributed by atoms with Gasteiger partial charge in [0.25, 0.3) is 5.69 Å². The van der Waals surface area contributed by atoms with E-state index in [4.69, 9.17) is 12.2 Å². The minimum absolute atomic E-state index is 0.0436. The number of hydrogen-bond donors (Lipinski definition) is 1. The van der Waals surface area contributed by atoms with Crippen molar-refractivity contribution in [1.82, 2.24) is 24.8 Å². The quantitative estimate of drug-likeness (QED) is 0.262. The molecule has 164 valence electrons. The molecule has 3 aromatic heterocycles. The van der Waals surface area contributed by atoms with E-state index < -0.39 is 0 Å². The first-order chi connectivity index (χ1) is 16.1. The van der Waals surface area contributed by atoms with E-state index in [2.05, 4.69) is 20.2 Å². The van der Waals surface area contributed by atoms with E-state index in [0.29, 0.717) is 17.3 Å². The van der Waals surface area contributed by atoms with Gasteiger partial charge in [-0.2, -0.15) is 0 Å². The van der Waals surface area contributed by atoms with Gasteiger partial charge < -0.3 is 14.8 Å². The standard InChI is InChI=1S/C24H20N6O2S/c31-30(32)19-6-3-5-18(15-19)28-14-4-8-21(28)23-22(20-7-1-2-11-26-20)27-24(33)29(23)16-17-9-12-25-13-10-17/h1-15,22-23H,16H2,(H,27,33). The second-order valence-corrected chi connectivity index (χ2v) is 8.08. The first-order valence-electron chi connectivity index (χ1n) is 10.4. The fourth-order valence-electron chi connectivity index (χ4n) is 4.21. The lowest BCUT2D eigenvalue weighted by molar-refractivity contribution is -0.384. The van der Waals surface area contributed by atoms with Crippen LogP contribution in [0.25, 0.3) is 5.69 Å². The van der Waals surface area contributed by atoms with E-state index in [0.717, 1.165) is 17.0 Å². The highest BCUT2D eigenvalue weighted by molar-refractivity contribution is 7.80. The van der Waals surface area contributed by atoms with E-state index in [-0.39, 0.29) is 22.7 Å². The molecule has 0 saturated carbocycles. The van der Waals surface area contributed by atoms with Crippen molar-refractivity contribution in [3.63, 3.8) is 0 Å². The smallest absolute Gasteiger partial charge is 0.271 e. The molecule has 33 heavy (non-hydrogen) atoms. The van der Waals surface area contributed by atoms with Crippen LogP contribution in [-0.2, 0) is 6.54 Å². The van der Waals surface area contributed by atoms with Crippen LogP contribution in [0.4, 0.5) is 5.69 Å². The lowest BCUT2D eigenvalue weighted by atomic mass is 10.0. The average molecular weight is 457 g/mol. The molecule has 4 heterocycles. The third-order valence-electron chi connectivity index (χ3n) is 5.70. The van der Waals surface area contributed by atoms with Crippen LogP contribution in [0.15, 0.2) is 91.5 Å². The number of pyridine rings is 2. The van der Waals surface area contributed by atoms with Crippen molar-refractivity contribution >= 4 is 23.0 Å². The Labute approximate surface area is 195 Å². The third kappa shape index (κ3) is 4.06. The Morgan fingerprint density at radius 1 is 1.03 bits per heavy atom. The van der Waals surface area contributed by atoms with Crippen LogP contribution >= 0.6 is 12.2 Å². The molecule has 0 aliphatic carbocycles. The maximum absolute atomic E-state index is 11.3. The Bertz CT molecular complexity index is 1290. The number of nitrogens with one attached hydrogen (secondary N) is 1. The Hall–Kier alpha value is -4.11. The fraction of sp³-hybridized carbons (Fsp3) is 0.125. The van der Waals surface area contributed by atoms with Crippen molar-refractivity contribution in [2.24, 2.45) is 0 Å². The summed E-state index contributed by atoms with van der Waals surface area (Å²) >= 11 is 5.76. The number of nitro groups is 1. The van der Waals surface area contributed by atoms with Crippen LogP contribution in [0.3, 0.4) is 0 Å². The SMILES string of the molecule is O=[N+]([O-])c1cccc(-n2cccc2C2C(c3ccccn3)NC(=S)N2Cc2ccncc2)c1. The Kier molecular flexibility index (Phi) is 5.54. The molecular weight excluding hydrogens is 436 g/mol. The third-order valence-corrected chi connectivity index (χ3v) is 6.05. The van der Waals surface area contributed by atoms with Gasteiger partial charge >= 0.3 is 0 Å². The summed E-state index contributed by atoms with van der Waals surface area (Å²) in [5, 5.41) is 15.4. The highest BCUT2D eigenvalue weighted by Gasteiger charge is 2.41. The van der Waals surface area contributed by atoms with Crippen molar-refractivity contribution in [1.29, 1.82) is 0 Å². The summed E-state index contributed by atoms with van der Waals surface area (Å²) in [6.07, 6.45) is 7.20. The molecule has 1 N–H and O–H groups in total. The number of rotatable bonds is 6. The van der Waals surface area contributed by atoms with Crippen molar-refractivity contribution in [3.05, 3.63) is 119 Å². The molecule has 9 heteroatoms. The van der Waals surface area contributed by atoms with Crippen LogP contribution in [-0.4, -0.2) is 29.5 Å². The molecule has 4 aromatic rings. The summed E-state index contributed by atoms with van der Waals surface area (Å²) in [5.74, 6) is 0. The van der Waals surface area contributed by atoms with E-state index >= 15 is 0 Å². The Morgan fingerprint density at radius 3 is 2.64 bits per heavy atom. The highest BCUT2D eigenvalue weighted by atomic mass is 32.1. The molecule has 8 nitrogen and oxygen atoms in total. The van der Waals surface area contributed by atoms with E-state index in [1.165, 1.54) is 6.07 Å². The first-order valence-corrected chi connectivity index (χ1v) is 10.8. The van der Waals surface area contributed by atoms with Crippen LogP contribution in [0, 0.1) is 10.1 Å². The number of nitrogens with zero attached hydrogens (tertiary/aromatic N) is 5. The normalized spacial score (nSPS) is 17.7. The number of nitro benzene ring substituents is 1. The minimum atomic E-state index is -0.384. The largest absolute Gasteiger partial charge is 0.352 e. The molecule has 1 fully saturated rings. The lowest BCUT2D eigenvalue weighted by Crippen LogP contribution is -2.30. The molecule has 5 rings (SSSR count). The van der Waals surface area contributed by atoms with Gasteiger partial charge in [-0.1, -0.05) is 12.1 Å². The zero-order valence-corrected chi connectivity index (χ0v) is 18.3. The van der Waals surface area contributed by atoms with Gasteiger partial charge in [0, 0.05) is 49.2 Å². The summed E-state index contributed by atoms with van der Waals surface area (Å²) in [6, 6.07) is 20.0. The van der Waals surface area contributed by atoms with Gasteiger partial charge in [-0.25, -0.2) is 0 Å². The highest BCUT2D eigenvalue weighted by Crippen LogP contribution is 2.40. The Morgan fingerprint density at radius 2 is 1.88 bits per heavy atom. The predicted octanol–water partition coefficient (Wildman–Crippen LogP) is 4.35. The van der Waals surface area contributed by atoms with Gasteiger partial charge in [-0.3, -0.25) is 20.1 Å². The average Bonchev–Trinajstić information content (AvgIpc) is 3.45. The van der Waals surface area contributed by atoms with Gasteiger partial charge in [0.05, 0.1) is 28.4 Å². The molecule has 0 amide bonds. The second kappa shape index (κ2) is 8.79. The van der Waals surface area contributed by atoms with Gasteiger partial charge in [-0.05, 0) is 60.2 Å². The topological polar surface area (TPSA) is 89.1 Å². The summed E-state index contributed by atoms with van der Waals surface area (Å²) in [5.41, 5.74) is 3.66. The molecule has 1 aromatic carbocycles. The molecule has 0 bridgehead atoms. The number of non-ortho nitro benzene ring substituents is 1. The van der Waals surface area contributed by atoms with Gasteiger partial charge in [0.2, 0.25) is 0 Å². The summed E-state index contributed by atoms with van der Waals surface area (Å²) in [4.78, 5) is 21.8. The summed E-state index contributed by atoms with van der Waals surface area (Å²) < 4.78 is 1.97. The first kappa shape index (κ1) is 20.8. The van der Waals surface area contributed by atoms with Crippen LogP contribution in [0.1, 0.15) is 29.0 Å². The van der Waals surface area contributed by atoms with Crippen LogP contribution in [0.5, 0.6) is 0 Å². The van der Waals surface area contributed by atoms with Gasteiger partial charge in [-0.15, -0.1) is 0 Å². The van der Waals surface area contributed by atoms with Gasteiger partial charge in [0.15, 0.2) is 5.11 Å². The van der Waals surface area contributed by atoms with Gasteiger partial charge in [0.1, 0.15) is 0 Å². The van der Waals surface area contributed by atoms with Crippen LogP contribution < -0.4 is 5.32 Å². The molecule has 1 aliphatic rings. The molecule has 0 radical (unpaired) electrons. The molecule has 0 spiro atoms. The molecule has 1 saturated heterocycles. The summed E-state index contributed by atoms with van der Waals surface area (Å²) in [7, 11) is 0. The molecule has 2 unspecified atom stereocenters. The van der Waals surface area contributed by atoms with E-state index in [9.17, 15) is 10.1 Å². The molecule has 2 atom stereocenters. The zero-order chi connectivity index (χ0) is 22.8. The number of hydrogen-bond acceptors (Lipinski definition) is 5. The van der Waals surface area contributed by atoms with Crippen LogP contribution in [0.2, 0.25) is 0 Å². The van der Waals surface area contributed by atoms with Crippen molar-refractivity contribution in [2.45, 2.75) is 18.6 Å². The minimum Gasteiger partial charge on any atom is -0.352 e.